The summed E-state index contributed by atoms with van der Waals surface area (Å²) >= 11 is 0. The van der Waals surface area contributed by atoms with Crippen LogP contribution in [0.1, 0.15) is 48.1 Å². The number of amides is 1. The molecule has 0 aliphatic carbocycles. The third kappa shape index (κ3) is 4.72. The summed E-state index contributed by atoms with van der Waals surface area (Å²) in [6.07, 6.45) is 0. The molecule has 0 spiro atoms. The molecule has 1 aromatic carbocycles. The minimum absolute atomic E-state index is 0.287. The summed E-state index contributed by atoms with van der Waals surface area (Å²) in [5, 5.41) is 2.77. The van der Waals surface area contributed by atoms with E-state index in [1.807, 2.05) is 70.4 Å². The zero-order chi connectivity index (χ0) is 18.8. The predicted octanol–water partition coefficient (Wildman–Crippen LogP) is 3.47. The Balaban J connectivity index is 2.15. The van der Waals surface area contributed by atoms with Crippen LogP contribution in [0.5, 0.6) is 0 Å². The van der Waals surface area contributed by atoms with Crippen molar-refractivity contribution in [2.24, 2.45) is 0 Å². The molecule has 0 unspecified atom stereocenters. The van der Waals surface area contributed by atoms with Crippen LogP contribution >= 0.6 is 0 Å². The van der Waals surface area contributed by atoms with Crippen molar-refractivity contribution in [2.75, 3.05) is 6.61 Å². The SMILES string of the molecule is Cc1ccc(-n2c(C)cc(C(=O)OCC(=O)NC(C)(C)C)c2C)cc1. The van der Waals surface area contributed by atoms with Gasteiger partial charge in [-0.05, 0) is 59.7 Å². The Morgan fingerprint density at radius 1 is 1.08 bits per heavy atom. The third-order valence-electron chi connectivity index (χ3n) is 3.79. The highest BCUT2D eigenvalue weighted by Crippen LogP contribution is 2.21. The molecule has 134 valence electrons. The molecule has 5 heteroatoms. The largest absolute Gasteiger partial charge is 0.452 e. The summed E-state index contributed by atoms with van der Waals surface area (Å²) in [7, 11) is 0. The Labute approximate surface area is 149 Å². The molecule has 0 saturated heterocycles. The first-order valence-corrected chi connectivity index (χ1v) is 8.32. The maximum absolute atomic E-state index is 12.4. The highest BCUT2D eigenvalue weighted by atomic mass is 16.5. The van der Waals surface area contributed by atoms with Gasteiger partial charge in [0, 0.05) is 22.6 Å². The van der Waals surface area contributed by atoms with E-state index in [-0.39, 0.29) is 18.1 Å². The van der Waals surface area contributed by atoms with Crippen molar-refractivity contribution in [1.82, 2.24) is 9.88 Å². The first-order valence-electron chi connectivity index (χ1n) is 8.32. The van der Waals surface area contributed by atoms with Crippen molar-refractivity contribution in [3.8, 4) is 5.69 Å². The number of carbonyl (C=O) groups excluding carboxylic acids is 2. The minimum atomic E-state index is -0.490. The number of carbonyl (C=O) groups is 2. The molecule has 0 fully saturated rings. The van der Waals surface area contributed by atoms with E-state index in [1.54, 1.807) is 6.07 Å². The van der Waals surface area contributed by atoms with Gasteiger partial charge in [0.1, 0.15) is 0 Å². The molecule has 0 aliphatic rings. The van der Waals surface area contributed by atoms with Gasteiger partial charge in [-0.3, -0.25) is 4.79 Å². The maximum Gasteiger partial charge on any atom is 0.340 e. The standard InChI is InChI=1S/C20H26N2O3/c1-13-7-9-16(10-8-13)22-14(2)11-17(15(22)3)19(24)25-12-18(23)21-20(4,5)6/h7-11H,12H2,1-6H3,(H,21,23). The second kappa shape index (κ2) is 7.13. The molecule has 0 saturated carbocycles. The van der Waals surface area contributed by atoms with Gasteiger partial charge in [-0.2, -0.15) is 0 Å². The van der Waals surface area contributed by atoms with Gasteiger partial charge in [0.2, 0.25) is 0 Å². The summed E-state index contributed by atoms with van der Waals surface area (Å²) in [6, 6.07) is 9.88. The molecule has 5 nitrogen and oxygen atoms in total. The quantitative estimate of drug-likeness (QED) is 0.866. The van der Waals surface area contributed by atoms with Gasteiger partial charge in [0.15, 0.2) is 6.61 Å². The van der Waals surface area contributed by atoms with Gasteiger partial charge in [-0.1, -0.05) is 17.7 Å². The van der Waals surface area contributed by atoms with Gasteiger partial charge >= 0.3 is 5.97 Å². The molecule has 0 aliphatic heterocycles. The predicted molar refractivity (Wildman–Crippen MR) is 98.2 cm³/mol. The Morgan fingerprint density at radius 2 is 1.68 bits per heavy atom. The highest BCUT2D eigenvalue weighted by Gasteiger charge is 2.20. The Bertz CT molecular complexity index is 781. The van der Waals surface area contributed by atoms with Crippen molar-refractivity contribution in [1.29, 1.82) is 0 Å². The van der Waals surface area contributed by atoms with Gasteiger partial charge in [0.05, 0.1) is 5.56 Å². The molecule has 0 atom stereocenters. The van der Waals surface area contributed by atoms with E-state index in [0.717, 1.165) is 17.1 Å². The maximum atomic E-state index is 12.4. The number of nitrogens with one attached hydrogen (secondary N) is 1. The van der Waals surface area contributed by atoms with E-state index in [0.29, 0.717) is 5.56 Å². The monoisotopic (exact) mass is 342 g/mol. The van der Waals surface area contributed by atoms with Crippen LogP contribution in [0.3, 0.4) is 0 Å². The lowest BCUT2D eigenvalue weighted by Crippen LogP contribution is -2.42. The fraction of sp³-hybridized carbons (Fsp3) is 0.400. The molecule has 2 aromatic rings. The van der Waals surface area contributed by atoms with E-state index in [2.05, 4.69) is 5.32 Å². The highest BCUT2D eigenvalue weighted by molar-refractivity contribution is 5.93. The lowest BCUT2D eigenvalue weighted by atomic mass is 10.1. The summed E-state index contributed by atoms with van der Waals surface area (Å²) in [5.74, 6) is -0.802. The van der Waals surface area contributed by atoms with Crippen molar-refractivity contribution in [2.45, 2.75) is 47.1 Å². The molecule has 0 radical (unpaired) electrons. The zero-order valence-electron chi connectivity index (χ0n) is 15.8. The number of ether oxygens (including phenoxy) is 1. The van der Waals surface area contributed by atoms with E-state index < -0.39 is 5.97 Å². The first kappa shape index (κ1) is 18.8. The number of rotatable bonds is 4. The van der Waals surface area contributed by atoms with Crippen LogP contribution in [0.4, 0.5) is 0 Å². The third-order valence-corrected chi connectivity index (χ3v) is 3.79. The molecule has 25 heavy (non-hydrogen) atoms. The summed E-state index contributed by atoms with van der Waals surface area (Å²) in [4.78, 5) is 24.2. The van der Waals surface area contributed by atoms with E-state index >= 15 is 0 Å². The van der Waals surface area contributed by atoms with E-state index in [9.17, 15) is 9.59 Å². The fourth-order valence-electron chi connectivity index (χ4n) is 2.72. The molecular weight excluding hydrogens is 316 g/mol. The van der Waals surface area contributed by atoms with Crippen molar-refractivity contribution < 1.29 is 14.3 Å². The van der Waals surface area contributed by atoms with Crippen molar-refractivity contribution in [3.63, 3.8) is 0 Å². The Hall–Kier alpha value is -2.56. The minimum Gasteiger partial charge on any atom is -0.452 e. The first-order chi connectivity index (χ1) is 11.6. The second-order valence-corrected chi connectivity index (χ2v) is 7.33. The van der Waals surface area contributed by atoms with Gasteiger partial charge in [0.25, 0.3) is 5.91 Å². The summed E-state index contributed by atoms with van der Waals surface area (Å²) < 4.78 is 7.18. The number of aromatic nitrogens is 1. The van der Waals surface area contributed by atoms with E-state index in [4.69, 9.17) is 4.74 Å². The second-order valence-electron chi connectivity index (χ2n) is 7.33. The average molecular weight is 342 g/mol. The molecule has 1 heterocycles. The van der Waals surface area contributed by atoms with Crippen LogP contribution in [-0.4, -0.2) is 28.6 Å². The van der Waals surface area contributed by atoms with Crippen LogP contribution in [0.25, 0.3) is 5.69 Å². The molecular formula is C20H26N2O3. The summed E-state index contributed by atoms with van der Waals surface area (Å²) in [6.45, 7) is 11.2. The van der Waals surface area contributed by atoms with Crippen LogP contribution in [0.2, 0.25) is 0 Å². The molecule has 1 N–H and O–H groups in total. The normalized spacial score (nSPS) is 11.3. The van der Waals surface area contributed by atoms with Crippen LogP contribution in [-0.2, 0) is 9.53 Å². The van der Waals surface area contributed by atoms with Crippen molar-refractivity contribution in [3.05, 3.63) is 52.8 Å². The Morgan fingerprint density at radius 3 is 2.24 bits per heavy atom. The number of esters is 1. The molecule has 2 rings (SSSR count). The number of aryl methyl sites for hydroxylation is 2. The van der Waals surface area contributed by atoms with Crippen LogP contribution in [0, 0.1) is 20.8 Å². The lowest BCUT2D eigenvalue weighted by molar-refractivity contribution is -0.125. The molecule has 0 bridgehead atoms. The summed E-state index contributed by atoms with van der Waals surface area (Å²) in [5.41, 5.74) is 4.02. The van der Waals surface area contributed by atoms with Crippen LogP contribution < -0.4 is 5.32 Å². The number of hydrogen-bond donors (Lipinski definition) is 1. The van der Waals surface area contributed by atoms with Gasteiger partial charge in [-0.25, -0.2) is 4.79 Å². The Kier molecular flexibility index (Phi) is 5.36. The molecule has 1 aromatic heterocycles. The number of hydrogen-bond acceptors (Lipinski definition) is 3. The van der Waals surface area contributed by atoms with Gasteiger partial charge < -0.3 is 14.6 Å². The zero-order valence-corrected chi connectivity index (χ0v) is 15.8. The lowest BCUT2D eigenvalue weighted by Gasteiger charge is -2.20. The average Bonchev–Trinajstić information content (AvgIpc) is 2.79. The van der Waals surface area contributed by atoms with Gasteiger partial charge in [-0.15, -0.1) is 0 Å². The fourth-order valence-corrected chi connectivity index (χ4v) is 2.72. The smallest absolute Gasteiger partial charge is 0.340 e. The topological polar surface area (TPSA) is 60.3 Å². The molecule has 1 amide bonds. The van der Waals surface area contributed by atoms with Crippen LogP contribution in [0.15, 0.2) is 30.3 Å². The number of nitrogens with zero attached hydrogens (tertiary/aromatic N) is 1. The van der Waals surface area contributed by atoms with E-state index in [1.165, 1.54) is 5.56 Å². The number of benzene rings is 1. The van der Waals surface area contributed by atoms with Crippen molar-refractivity contribution >= 4 is 11.9 Å².